The average Bonchev–Trinajstić information content (AvgIpc) is 2.39. The fourth-order valence-corrected chi connectivity index (χ4v) is 1.77. The van der Waals surface area contributed by atoms with Gasteiger partial charge >= 0.3 is 0 Å². The van der Waals surface area contributed by atoms with E-state index in [1.54, 1.807) is 0 Å². The highest BCUT2D eigenvalue weighted by molar-refractivity contribution is 6.13. The van der Waals surface area contributed by atoms with Gasteiger partial charge in [0.05, 0.1) is 0 Å². The Bertz CT molecular complexity index is 560. The summed E-state index contributed by atoms with van der Waals surface area (Å²) in [5.41, 5.74) is 5.12. The minimum Gasteiger partial charge on any atom is -0.298 e. The highest BCUT2D eigenvalue weighted by atomic mass is 16.1. The van der Waals surface area contributed by atoms with Crippen molar-refractivity contribution in [3.05, 3.63) is 70.8 Å². The molecule has 0 spiro atoms. The first kappa shape index (κ1) is 12.3. The van der Waals surface area contributed by atoms with Crippen molar-refractivity contribution in [2.24, 2.45) is 0 Å². The van der Waals surface area contributed by atoms with Gasteiger partial charge in [-0.05, 0) is 31.1 Å². The fourth-order valence-electron chi connectivity index (χ4n) is 1.77. The molecule has 2 aromatic carbocycles. The molecule has 0 aliphatic carbocycles. The minimum atomic E-state index is 0.707. The molecule has 0 aliphatic rings. The third-order valence-corrected chi connectivity index (χ3v) is 2.91. The molecule has 0 heterocycles. The monoisotopic (exact) mass is 236 g/mol. The molecule has 0 unspecified atom stereocenters. The number of hydrogen-bond acceptors (Lipinski definition) is 1. The second-order valence-electron chi connectivity index (χ2n) is 4.49. The zero-order chi connectivity index (χ0) is 13.0. The summed E-state index contributed by atoms with van der Waals surface area (Å²) in [6.07, 6.45) is 2.82. The third kappa shape index (κ3) is 2.95. The number of carbonyl (C=O) groups excluding carboxylic acids is 1. The summed E-state index contributed by atoms with van der Waals surface area (Å²) in [4.78, 5) is 11.2. The summed E-state index contributed by atoms with van der Waals surface area (Å²) in [6.45, 7) is 4.09. The van der Waals surface area contributed by atoms with E-state index in [2.05, 4.69) is 0 Å². The van der Waals surface area contributed by atoms with Crippen molar-refractivity contribution in [3.8, 4) is 0 Å². The normalized spacial score (nSPS) is 11.3. The lowest BCUT2D eigenvalue weighted by atomic mass is 10.0. The smallest absolute Gasteiger partial charge is 0.150 e. The Labute approximate surface area is 108 Å². The average molecular weight is 236 g/mol. The van der Waals surface area contributed by atoms with Gasteiger partial charge in [0.1, 0.15) is 0 Å². The Morgan fingerprint density at radius 3 is 1.83 bits per heavy atom. The predicted molar refractivity (Wildman–Crippen MR) is 76.3 cm³/mol. The highest BCUT2D eigenvalue weighted by Crippen LogP contribution is 2.17. The third-order valence-electron chi connectivity index (χ3n) is 2.91. The molecular formula is C17H16O. The summed E-state index contributed by atoms with van der Waals surface area (Å²) in [6, 6.07) is 16.1. The van der Waals surface area contributed by atoms with Gasteiger partial charge in [-0.15, -0.1) is 0 Å². The maximum atomic E-state index is 11.2. The molecule has 18 heavy (non-hydrogen) atoms. The van der Waals surface area contributed by atoms with Crippen molar-refractivity contribution >= 4 is 17.9 Å². The van der Waals surface area contributed by atoms with Crippen LogP contribution in [0.3, 0.4) is 0 Å². The molecule has 0 aromatic heterocycles. The molecule has 0 radical (unpaired) electrons. The van der Waals surface area contributed by atoms with Crippen LogP contribution < -0.4 is 0 Å². The van der Waals surface area contributed by atoms with E-state index in [9.17, 15) is 4.79 Å². The number of aldehydes is 1. The van der Waals surface area contributed by atoms with Gasteiger partial charge in [-0.2, -0.15) is 0 Å². The van der Waals surface area contributed by atoms with Crippen LogP contribution in [0, 0.1) is 13.8 Å². The molecule has 2 aromatic rings. The van der Waals surface area contributed by atoms with Crippen LogP contribution >= 0.6 is 0 Å². The molecule has 1 heteroatoms. The summed E-state index contributed by atoms with van der Waals surface area (Å²) in [5, 5.41) is 0. The van der Waals surface area contributed by atoms with Gasteiger partial charge in [0, 0.05) is 5.57 Å². The number of allylic oxidation sites excluding steroid dienone is 1. The minimum absolute atomic E-state index is 0.707. The van der Waals surface area contributed by atoms with E-state index in [-0.39, 0.29) is 0 Å². The van der Waals surface area contributed by atoms with Crippen LogP contribution in [0.4, 0.5) is 0 Å². The fraction of sp³-hybridized carbons (Fsp3) is 0.118. The molecule has 0 aliphatic heterocycles. The first-order chi connectivity index (χ1) is 8.69. The maximum absolute atomic E-state index is 11.2. The molecule has 0 amide bonds. The Balaban J connectivity index is 2.36. The summed E-state index contributed by atoms with van der Waals surface area (Å²) in [7, 11) is 0. The zero-order valence-electron chi connectivity index (χ0n) is 10.7. The van der Waals surface area contributed by atoms with E-state index in [1.165, 1.54) is 11.1 Å². The first-order valence-corrected chi connectivity index (χ1v) is 5.99. The lowest BCUT2D eigenvalue weighted by molar-refractivity contribution is -0.103. The van der Waals surface area contributed by atoms with Gasteiger partial charge in [0.25, 0.3) is 0 Å². The van der Waals surface area contributed by atoms with Gasteiger partial charge in [-0.1, -0.05) is 59.7 Å². The van der Waals surface area contributed by atoms with Gasteiger partial charge in [-0.25, -0.2) is 0 Å². The van der Waals surface area contributed by atoms with Gasteiger partial charge in [0.2, 0.25) is 0 Å². The lowest BCUT2D eigenvalue weighted by Gasteiger charge is -2.02. The second kappa shape index (κ2) is 5.46. The molecule has 0 saturated carbocycles. The van der Waals surface area contributed by atoms with E-state index < -0.39 is 0 Å². The molecule has 0 N–H and O–H groups in total. The number of hydrogen-bond donors (Lipinski definition) is 0. The van der Waals surface area contributed by atoms with Crippen LogP contribution in [0.15, 0.2) is 48.5 Å². The quantitative estimate of drug-likeness (QED) is 0.446. The van der Waals surface area contributed by atoms with Crippen molar-refractivity contribution in [1.29, 1.82) is 0 Å². The van der Waals surface area contributed by atoms with Gasteiger partial charge in [-0.3, -0.25) is 4.79 Å². The van der Waals surface area contributed by atoms with E-state index in [1.807, 2.05) is 68.5 Å². The molecule has 90 valence electrons. The highest BCUT2D eigenvalue weighted by Gasteiger charge is 2.00. The van der Waals surface area contributed by atoms with Crippen LogP contribution in [0.1, 0.15) is 22.3 Å². The van der Waals surface area contributed by atoms with E-state index in [0.29, 0.717) is 5.57 Å². The molecule has 0 saturated heterocycles. The number of aryl methyl sites for hydroxylation is 2. The van der Waals surface area contributed by atoms with Crippen LogP contribution in [0.2, 0.25) is 0 Å². The number of benzene rings is 2. The van der Waals surface area contributed by atoms with Gasteiger partial charge in [0.15, 0.2) is 6.29 Å². The van der Waals surface area contributed by atoms with Crippen LogP contribution in [-0.2, 0) is 4.79 Å². The Morgan fingerprint density at radius 2 is 1.33 bits per heavy atom. The maximum Gasteiger partial charge on any atom is 0.150 e. The predicted octanol–water partition coefficient (Wildman–Crippen LogP) is 4.04. The van der Waals surface area contributed by atoms with Gasteiger partial charge < -0.3 is 0 Å². The summed E-state index contributed by atoms with van der Waals surface area (Å²) >= 11 is 0. The molecule has 0 fully saturated rings. The van der Waals surface area contributed by atoms with E-state index in [0.717, 1.165) is 17.4 Å². The second-order valence-corrected chi connectivity index (χ2v) is 4.49. The molecular weight excluding hydrogens is 220 g/mol. The molecule has 2 rings (SSSR count). The Morgan fingerprint density at radius 1 is 0.833 bits per heavy atom. The topological polar surface area (TPSA) is 17.1 Å². The van der Waals surface area contributed by atoms with E-state index in [4.69, 9.17) is 0 Å². The summed E-state index contributed by atoms with van der Waals surface area (Å²) < 4.78 is 0. The van der Waals surface area contributed by atoms with Crippen molar-refractivity contribution in [1.82, 2.24) is 0 Å². The van der Waals surface area contributed by atoms with Crippen molar-refractivity contribution < 1.29 is 4.79 Å². The van der Waals surface area contributed by atoms with Crippen LogP contribution in [0.5, 0.6) is 0 Å². The van der Waals surface area contributed by atoms with Crippen LogP contribution in [0.25, 0.3) is 11.6 Å². The number of carbonyl (C=O) groups is 1. The van der Waals surface area contributed by atoms with E-state index >= 15 is 0 Å². The van der Waals surface area contributed by atoms with Crippen LogP contribution in [-0.4, -0.2) is 6.29 Å². The Hall–Kier alpha value is -2.15. The largest absolute Gasteiger partial charge is 0.298 e. The molecule has 0 bridgehead atoms. The number of rotatable bonds is 3. The zero-order valence-corrected chi connectivity index (χ0v) is 10.7. The lowest BCUT2D eigenvalue weighted by Crippen LogP contribution is -1.86. The molecule has 0 atom stereocenters. The molecule has 1 nitrogen and oxygen atoms in total. The van der Waals surface area contributed by atoms with Crippen molar-refractivity contribution in [2.45, 2.75) is 13.8 Å². The summed E-state index contributed by atoms with van der Waals surface area (Å²) in [5.74, 6) is 0. The SMILES string of the molecule is Cc1ccc(/C=C(/C=O)c2ccc(C)cc2)cc1. The Kier molecular flexibility index (Phi) is 3.73. The first-order valence-electron chi connectivity index (χ1n) is 5.99. The van der Waals surface area contributed by atoms with Crippen molar-refractivity contribution in [2.75, 3.05) is 0 Å². The van der Waals surface area contributed by atoms with Crippen molar-refractivity contribution in [3.63, 3.8) is 0 Å². The standard InChI is InChI=1S/C17H16O/c1-13-3-7-15(8-4-13)11-17(12-18)16-9-5-14(2)6-10-16/h3-12H,1-2H3/b17-11-.